The van der Waals surface area contributed by atoms with Crippen LogP contribution in [0.25, 0.3) is 0 Å². The van der Waals surface area contributed by atoms with Gasteiger partial charge in [0.1, 0.15) is 5.82 Å². The van der Waals surface area contributed by atoms with Crippen LogP contribution in [-0.4, -0.2) is 6.72 Å². The molecule has 0 radical (unpaired) electrons. The molecular formula is C4H8N2. The van der Waals surface area contributed by atoms with E-state index < -0.39 is 0 Å². The van der Waals surface area contributed by atoms with Crippen LogP contribution >= 0.6 is 0 Å². The van der Waals surface area contributed by atoms with Crippen LogP contribution in [0.1, 0.15) is 6.92 Å². The highest BCUT2D eigenvalue weighted by Gasteiger charge is 1.67. The van der Waals surface area contributed by atoms with Crippen molar-refractivity contribution < 1.29 is 0 Å². The molecule has 0 fully saturated rings. The molecule has 34 valence electrons. The highest BCUT2D eigenvalue weighted by molar-refractivity contribution is 5.27. The van der Waals surface area contributed by atoms with Crippen LogP contribution in [0.5, 0.6) is 0 Å². The van der Waals surface area contributed by atoms with Gasteiger partial charge in [0.25, 0.3) is 0 Å². The van der Waals surface area contributed by atoms with E-state index >= 15 is 0 Å². The van der Waals surface area contributed by atoms with E-state index in [1.165, 1.54) is 0 Å². The Morgan fingerprint density at radius 1 is 2.00 bits per heavy atom. The van der Waals surface area contributed by atoms with E-state index in [9.17, 15) is 0 Å². The molecule has 0 amide bonds. The molecule has 6 heavy (non-hydrogen) atoms. The van der Waals surface area contributed by atoms with E-state index in [-0.39, 0.29) is 0 Å². The predicted molar refractivity (Wildman–Crippen MR) is 27.5 cm³/mol. The Hall–Kier alpha value is -0.790. The summed E-state index contributed by atoms with van der Waals surface area (Å²) in [4.78, 5) is 3.40. The average molecular weight is 84.1 g/mol. The Labute approximate surface area is 37.4 Å². The van der Waals surface area contributed by atoms with Gasteiger partial charge in [0.15, 0.2) is 0 Å². The number of hydrogen-bond donors (Lipinski definition) is 1. The van der Waals surface area contributed by atoms with Gasteiger partial charge in [-0.25, -0.2) is 4.99 Å². The molecular weight excluding hydrogens is 76.1 g/mol. The van der Waals surface area contributed by atoms with Crippen molar-refractivity contribution in [1.29, 1.82) is 0 Å². The maximum absolute atomic E-state index is 5.10. The first kappa shape index (κ1) is 5.21. The van der Waals surface area contributed by atoms with Crippen LogP contribution < -0.4 is 5.73 Å². The molecule has 2 heteroatoms. The van der Waals surface area contributed by atoms with E-state index in [0.717, 1.165) is 0 Å². The summed E-state index contributed by atoms with van der Waals surface area (Å²) < 4.78 is 0. The minimum absolute atomic E-state index is 0.481. The maximum atomic E-state index is 5.10. The van der Waals surface area contributed by atoms with E-state index in [2.05, 4.69) is 11.7 Å². The van der Waals surface area contributed by atoms with Crippen LogP contribution in [-0.2, 0) is 0 Å². The third kappa shape index (κ3) is 1.52. The Kier molecular flexibility index (Phi) is 2.13. The summed E-state index contributed by atoms with van der Waals surface area (Å²) in [7, 11) is 0. The number of nitrogens with zero attached hydrogens (tertiary/aromatic N) is 1. The SMILES string of the molecule is C=N/C(N)=C\C. The fraction of sp³-hybridized carbons (Fsp3) is 0.250. The lowest BCUT2D eigenvalue weighted by molar-refractivity contribution is 1.24. The Morgan fingerprint density at radius 3 is 2.50 bits per heavy atom. The highest BCUT2D eigenvalue weighted by Crippen LogP contribution is 1.77. The van der Waals surface area contributed by atoms with Gasteiger partial charge in [-0.15, -0.1) is 0 Å². The van der Waals surface area contributed by atoms with Crippen molar-refractivity contribution in [2.24, 2.45) is 10.7 Å². The molecule has 0 saturated carbocycles. The fourth-order valence-corrected chi connectivity index (χ4v) is 0.0913. The molecule has 0 aliphatic carbocycles. The number of allylic oxidation sites excluding steroid dienone is 1. The summed E-state index contributed by atoms with van der Waals surface area (Å²) in [5, 5.41) is 0. The zero-order valence-corrected chi connectivity index (χ0v) is 3.81. The number of rotatable bonds is 1. The zero-order valence-electron chi connectivity index (χ0n) is 3.81. The molecule has 0 aliphatic heterocycles. The van der Waals surface area contributed by atoms with E-state index in [1.807, 2.05) is 6.92 Å². The summed E-state index contributed by atoms with van der Waals surface area (Å²) in [5.41, 5.74) is 5.10. The summed E-state index contributed by atoms with van der Waals surface area (Å²) >= 11 is 0. The number of nitrogens with two attached hydrogens (primary N) is 1. The first-order chi connectivity index (χ1) is 2.81. The van der Waals surface area contributed by atoms with Gasteiger partial charge >= 0.3 is 0 Å². The summed E-state index contributed by atoms with van der Waals surface area (Å²) in [6.45, 7) is 5.00. The Balaban J connectivity index is 3.50. The normalized spacial score (nSPS) is 11.2. The summed E-state index contributed by atoms with van der Waals surface area (Å²) in [5.74, 6) is 0.481. The predicted octanol–water partition coefficient (Wildman–Crippen LogP) is 0.507. The van der Waals surface area contributed by atoms with Gasteiger partial charge in [-0.05, 0) is 19.7 Å². The van der Waals surface area contributed by atoms with Gasteiger partial charge in [0.05, 0.1) is 0 Å². The van der Waals surface area contributed by atoms with Crippen LogP contribution in [0.2, 0.25) is 0 Å². The minimum atomic E-state index is 0.481. The molecule has 2 nitrogen and oxygen atoms in total. The van der Waals surface area contributed by atoms with Crippen molar-refractivity contribution in [3.05, 3.63) is 11.9 Å². The zero-order chi connectivity index (χ0) is 4.99. The molecule has 0 atom stereocenters. The maximum Gasteiger partial charge on any atom is 0.118 e. The van der Waals surface area contributed by atoms with Gasteiger partial charge in [-0.2, -0.15) is 0 Å². The van der Waals surface area contributed by atoms with Crippen LogP contribution in [0.15, 0.2) is 16.9 Å². The van der Waals surface area contributed by atoms with Crippen molar-refractivity contribution in [3.8, 4) is 0 Å². The lowest BCUT2D eigenvalue weighted by atomic mass is 10.6. The Morgan fingerprint density at radius 2 is 2.50 bits per heavy atom. The van der Waals surface area contributed by atoms with Crippen molar-refractivity contribution in [2.75, 3.05) is 0 Å². The average Bonchev–Trinajstić information content (AvgIpc) is 1.65. The van der Waals surface area contributed by atoms with Crippen molar-refractivity contribution in [2.45, 2.75) is 6.92 Å². The second kappa shape index (κ2) is 2.45. The summed E-state index contributed by atoms with van der Waals surface area (Å²) in [6.07, 6.45) is 1.69. The van der Waals surface area contributed by atoms with Crippen LogP contribution in [0, 0.1) is 0 Å². The topological polar surface area (TPSA) is 38.4 Å². The minimum Gasteiger partial charge on any atom is -0.384 e. The molecule has 0 aromatic carbocycles. The molecule has 0 unspecified atom stereocenters. The first-order valence-electron chi connectivity index (χ1n) is 1.69. The third-order valence-corrected chi connectivity index (χ3v) is 0.478. The molecule has 0 aromatic heterocycles. The van der Waals surface area contributed by atoms with Gasteiger partial charge in [0, 0.05) is 0 Å². The van der Waals surface area contributed by atoms with Crippen molar-refractivity contribution in [3.63, 3.8) is 0 Å². The summed E-state index contributed by atoms with van der Waals surface area (Å²) in [6, 6.07) is 0. The molecule has 0 saturated heterocycles. The van der Waals surface area contributed by atoms with E-state index in [0.29, 0.717) is 5.82 Å². The second-order valence-corrected chi connectivity index (χ2v) is 0.872. The molecule has 0 aliphatic rings. The lowest BCUT2D eigenvalue weighted by Gasteiger charge is -1.80. The fourth-order valence-electron chi connectivity index (χ4n) is 0.0913. The van der Waals surface area contributed by atoms with E-state index in [1.54, 1.807) is 6.08 Å². The third-order valence-electron chi connectivity index (χ3n) is 0.478. The van der Waals surface area contributed by atoms with E-state index in [4.69, 9.17) is 5.73 Å². The first-order valence-corrected chi connectivity index (χ1v) is 1.69. The second-order valence-electron chi connectivity index (χ2n) is 0.872. The van der Waals surface area contributed by atoms with Crippen LogP contribution in [0.4, 0.5) is 0 Å². The van der Waals surface area contributed by atoms with Crippen molar-refractivity contribution in [1.82, 2.24) is 0 Å². The van der Waals surface area contributed by atoms with Crippen molar-refractivity contribution >= 4 is 6.72 Å². The monoisotopic (exact) mass is 84.1 g/mol. The quantitative estimate of drug-likeness (QED) is 0.462. The molecule has 0 heterocycles. The van der Waals surface area contributed by atoms with Gasteiger partial charge in [-0.1, -0.05) is 0 Å². The molecule has 0 bridgehead atoms. The smallest absolute Gasteiger partial charge is 0.118 e. The Bertz CT molecular complexity index is 73.6. The van der Waals surface area contributed by atoms with Gasteiger partial charge in [-0.3, -0.25) is 0 Å². The lowest BCUT2D eigenvalue weighted by Crippen LogP contribution is -1.89. The number of hydrogen-bond acceptors (Lipinski definition) is 2. The highest BCUT2D eigenvalue weighted by atomic mass is 14.9. The largest absolute Gasteiger partial charge is 0.384 e. The molecule has 2 N–H and O–H groups in total. The van der Waals surface area contributed by atoms with Gasteiger partial charge < -0.3 is 5.73 Å². The number of aliphatic imine (C=N–C) groups is 1. The molecule has 0 spiro atoms. The van der Waals surface area contributed by atoms with Crippen LogP contribution in [0.3, 0.4) is 0 Å². The van der Waals surface area contributed by atoms with Gasteiger partial charge in [0.2, 0.25) is 0 Å². The standard InChI is InChI=1S/C4H8N2/c1-3-4(5)6-2/h3H,2,5H2,1H3/b4-3-. The molecule has 0 aromatic rings. The molecule has 0 rings (SSSR count).